The van der Waals surface area contributed by atoms with E-state index in [-0.39, 0.29) is 12.0 Å². The number of anilines is 1. The lowest BCUT2D eigenvalue weighted by atomic mass is 9.82. The second kappa shape index (κ2) is 31.2. The molecule has 2 heterocycles. The summed E-state index contributed by atoms with van der Waals surface area (Å²) in [6, 6.07) is 0. The molecule has 0 radical (unpaired) electrons. The molecule has 1 fully saturated rings. The Morgan fingerprint density at radius 3 is 1.91 bits per heavy atom. The highest BCUT2D eigenvalue weighted by atomic mass is 16.6. The van der Waals surface area contributed by atoms with Crippen molar-refractivity contribution in [2.75, 3.05) is 118 Å². The van der Waals surface area contributed by atoms with Gasteiger partial charge in [0.25, 0.3) is 5.88 Å². The van der Waals surface area contributed by atoms with Crippen LogP contribution in [0.2, 0.25) is 0 Å². The number of aryl methyl sites for hydroxylation is 1. The highest BCUT2D eigenvalue weighted by molar-refractivity contribution is 5.88. The fraction of sp³-hybridized carbons (Fsp3) is 0.795. The van der Waals surface area contributed by atoms with Gasteiger partial charge in [-0.1, -0.05) is 18.5 Å². The van der Waals surface area contributed by atoms with Crippen LogP contribution in [0.25, 0.3) is 21.5 Å². The standard InChI is InChI=1S/C39H67N9O10/c1-4-5-6-34-44-36-37(39(58-31(2)3)46-45-38(36)40)48(34)30-33-9-7-32(8-10-33)29-42-35(49)11-13-50-15-17-52-19-21-54-23-25-56-27-28-57-26-24-55-22-20-53-18-16-51-14-12-43-47-41/h11,13,31-33H,4-10,12,14-30H2,1-3H3,(H2,40,45)(H,42,49). The van der Waals surface area contributed by atoms with Crippen LogP contribution in [0.5, 0.6) is 5.88 Å². The molecule has 0 aromatic carbocycles. The Kier molecular flexibility index (Phi) is 26.1. The van der Waals surface area contributed by atoms with Gasteiger partial charge in [-0.15, -0.1) is 10.2 Å². The molecular formula is C39H67N9O10. The van der Waals surface area contributed by atoms with Gasteiger partial charge in [0, 0.05) is 37.0 Å². The highest BCUT2D eigenvalue weighted by Gasteiger charge is 2.26. The number of rotatable bonds is 35. The van der Waals surface area contributed by atoms with Gasteiger partial charge in [0.1, 0.15) is 23.5 Å². The smallest absolute Gasteiger partial charge is 0.260 e. The van der Waals surface area contributed by atoms with Gasteiger partial charge in [-0.25, -0.2) is 4.98 Å². The molecule has 58 heavy (non-hydrogen) atoms. The summed E-state index contributed by atoms with van der Waals surface area (Å²) in [5, 5.41) is 14.8. The number of nitrogen functional groups attached to an aromatic ring is 1. The number of carbonyl (C=O) groups excluding carboxylic acids is 1. The van der Waals surface area contributed by atoms with Gasteiger partial charge in [-0.05, 0) is 63.3 Å². The van der Waals surface area contributed by atoms with Crippen LogP contribution in [-0.4, -0.2) is 144 Å². The van der Waals surface area contributed by atoms with Crippen molar-refractivity contribution >= 4 is 22.8 Å². The maximum Gasteiger partial charge on any atom is 0.260 e. The summed E-state index contributed by atoms with van der Waals surface area (Å²) in [6.45, 7) is 14.6. The third kappa shape index (κ3) is 20.7. The second-order valence-electron chi connectivity index (χ2n) is 14.0. The molecule has 0 atom stereocenters. The quantitative estimate of drug-likeness (QED) is 0.0245. The first-order chi connectivity index (χ1) is 28.4. The van der Waals surface area contributed by atoms with Crippen molar-refractivity contribution in [1.29, 1.82) is 0 Å². The second-order valence-corrected chi connectivity index (χ2v) is 14.0. The summed E-state index contributed by atoms with van der Waals surface area (Å²) in [6.07, 6.45) is 9.97. The van der Waals surface area contributed by atoms with E-state index in [0.717, 1.165) is 62.8 Å². The topological polar surface area (TPSA) is 231 Å². The number of carbonyl (C=O) groups is 1. The number of nitrogens with zero attached hydrogens (tertiary/aromatic N) is 7. The Morgan fingerprint density at radius 1 is 0.845 bits per heavy atom. The van der Waals surface area contributed by atoms with E-state index in [1.807, 2.05) is 13.8 Å². The maximum atomic E-state index is 12.4. The Morgan fingerprint density at radius 2 is 1.38 bits per heavy atom. The van der Waals surface area contributed by atoms with Crippen molar-refractivity contribution in [2.45, 2.75) is 78.4 Å². The largest absolute Gasteiger partial charge is 0.499 e. The molecule has 0 saturated heterocycles. The molecule has 1 aliphatic carbocycles. The third-order valence-electron chi connectivity index (χ3n) is 9.11. The van der Waals surface area contributed by atoms with Crippen molar-refractivity contribution in [3.05, 3.63) is 28.6 Å². The van der Waals surface area contributed by atoms with E-state index in [1.54, 1.807) is 0 Å². The maximum absolute atomic E-state index is 12.4. The number of imidazole rings is 1. The minimum Gasteiger partial charge on any atom is -0.499 e. The van der Waals surface area contributed by atoms with E-state index in [9.17, 15) is 4.79 Å². The lowest BCUT2D eigenvalue weighted by molar-refractivity contribution is -0.116. The van der Waals surface area contributed by atoms with Gasteiger partial charge in [-0.2, -0.15) is 0 Å². The number of hydrogen-bond donors (Lipinski definition) is 2. The normalized spacial score (nSPS) is 15.7. The van der Waals surface area contributed by atoms with Crippen LogP contribution in [0.3, 0.4) is 0 Å². The number of hydrogen-bond acceptors (Lipinski definition) is 15. The van der Waals surface area contributed by atoms with Gasteiger partial charge in [0.05, 0.1) is 105 Å². The van der Waals surface area contributed by atoms with Crippen LogP contribution in [0.1, 0.15) is 65.1 Å². The first-order valence-electron chi connectivity index (χ1n) is 20.7. The van der Waals surface area contributed by atoms with Gasteiger partial charge < -0.3 is 58.2 Å². The number of unbranched alkanes of at least 4 members (excludes halogenated alkanes) is 1. The zero-order valence-corrected chi connectivity index (χ0v) is 34.9. The monoisotopic (exact) mass is 822 g/mol. The van der Waals surface area contributed by atoms with Crippen molar-refractivity contribution in [1.82, 2.24) is 25.1 Å². The molecule has 0 aliphatic heterocycles. The molecule has 1 amide bonds. The lowest BCUT2D eigenvalue weighted by Crippen LogP contribution is -2.31. The highest BCUT2D eigenvalue weighted by Crippen LogP contribution is 2.34. The summed E-state index contributed by atoms with van der Waals surface area (Å²) in [4.78, 5) is 19.9. The number of nitrogens with two attached hydrogens (primary N) is 1. The van der Waals surface area contributed by atoms with Crippen LogP contribution in [0, 0.1) is 11.8 Å². The Balaban J connectivity index is 1.12. The van der Waals surface area contributed by atoms with Crippen LogP contribution in [0.15, 0.2) is 17.5 Å². The van der Waals surface area contributed by atoms with Crippen LogP contribution in [-0.2, 0) is 55.7 Å². The predicted molar refractivity (Wildman–Crippen MR) is 217 cm³/mol. The molecule has 2 aromatic rings. The number of amides is 1. The molecular weight excluding hydrogens is 754 g/mol. The number of aromatic nitrogens is 4. The summed E-state index contributed by atoms with van der Waals surface area (Å²) >= 11 is 0. The molecule has 1 aliphatic rings. The van der Waals surface area contributed by atoms with Crippen molar-refractivity contribution in [2.24, 2.45) is 17.0 Å². The average molecular weight is 822 g/mol. The van der Waals surface area contributed by atoms with Gasteiger partial charge in [0.15, 0.2) is 5.82 Å². The molecule has 2 aromatic heterocycles. The van der Waals surface area contributed by atoms with Crippen LogP contribution >= 0.6 is 0 Å². The minimum absolute atomic E-state index is 0.0447. The summed E-state index contributed by atoms with van der Waals surface area (Å²) < 4.78 is 51.7. The predicted octanol–water partition coefficient (Wildman–Crippen LogP) is 4.42. The molecule has 1 saturated carbocycles. The van der Waals surface area contributed by atoms with Crippen molar-refractivity contribution in [3.8, 4) is 5.88 Å². The van der Waals surface area contributed by atoms with E-state index in [0.29, 0.717) is 141 Å². The number of nitrogens with one attached hydrogen (secondary N) is 1. The molecule has 0 spiro atoms. The van der Waals surface area contributed by atoms with E-state index in [1.165, 1.54) is 12.3 Å². The van der Waals surface area contributed by atoms with E-state index in [4.69, 9.17) is 58.9 Å². The minimum atomic E-state index is -0.168. The zero-order valence-electron chi connectivity index (χ0n) is 34.9. The van der Waals surface area contributed by atoms with Gasteiger partial charge >= 0.3 is 0 Å². The van der Waals surface area contributed by atoms with E-state index in [2.05, 4.69) is 37.0 Å². The molecule has 19 heteroatoms. The number of ether oxygens (including phenoxy) is 9. The molecule has 0 unspecified atom stereocenters. The molecule has 19 nitrogen and oxygen atoms in total. The number of fused-ring (bicyclic) bond motifs is 1. The van der Waals surface area contributed by atoms with E-state index < -0.39 is 0 Å². The molecule has 3 N–H and O–H groups in total. The summed E-state index contributed by atoms with van der Waals surface area (Å²) in [5.74, 6) is 2.57. The Bertz CT molecular complexity index is 1470. The Labute approximate surface area is 342 Å². The first-order valence-corrected chi connectivity index (χ1v) is 20.7. The van der Waals surface area contributed by atoms with Crippen molar-refractivity contribution in [3.63, 3.8) is 0 Å². The fourth-order valence-corrected chi connectivity index (χ4v) is 6.15. The van der Waals surface area contributed by atoms with E-state index >= 15 is 0 Å². The SMILES string of the molecule is CCCCc1nc2c(N)nnc(OC(C)C)c2n1CC1CCC(CNC(=O)C=COCCOCCOCCOCCOCCOCCOCCOCCN=[N+]=[N-])CC1. The zero-order chi connectivity index (χ0) is 41.5. The average Bonchev–Trinajstić information content (AvgIpc) is 3.59. The molecule has 328 valence electrons. The van der Waals surface area contributed by atoms with Crippen LogP contribution in [0.4, 0.5) is 5.82 Å². The van der Waals surface area contributed by atoms with Gasteiger partial charge in [-0.3, -0.25) is 4.79 Å². The third-order valence-corrected chi connectivity index (χ3v) is 9.11. The molecule has 0 bridgehead atoms. The molecule has 3 rings (SSSR count). The summed E-state index contributed by atoms with van der Waals surface area (Å²) in [5.41, 5.74) is 15.9. The fourth-order valence-electron chi connectivity index (χ4n) is 6.15. The van der Waals surface area contributed by atoms with Crippen molar-refractivity contribution < 1.29 is 47.4 Å². The number of azide groups is 1. The van der Waals surface area contributed by atoms with Crippen LogP contribution < -0.4 is 15.8 Å². The Hall–Kier alpha value is -3.81. The first kappa shape index (κ1) is 48.6. The van der Waals surface area contributed by atoms with Gasteiger partial charge in [0.2, 0.25) is 5.91 Å². The lowest BCUT2D eigenvalue weighted by Gasteiger charge is -2.29. The summed E-state index contributed by atoms with van der Waals surface area (Å²) in [7, 11) is 0.